The van der Waals surface area contributed by atoms with Crippen LogP contribution in [0, 0.1) is 5.92 Å². The van der Waals surface area contributed by atoms with Gasteiger partial charge in [-0.15, -0.1) is 0 Å². The van der Waals surface area contributed by atoms with Gasteiger partial charge < -0.3 is 5.73 Å². The van der Waals surface area contributed by atoms with Crippen LogP contribution < -0.4 is 5.73 Å². The predicted octanol–water partition coefficient (Wildman–Crippen LogP) is 5.01. The zero-order chi connectivity index (χ0) is 14.5. The van der Waals surface area contributed by atoms with Crippen molar-refractivity contribution in [3.8, 4) is 0 Å². The molecule has 1 nitrogen and oxygen atoms in total. The van der Waals surface area contributed by atoms with Crippen molar-refractivity contribution in [1.29, 1.82) is 0 Å². The summed E-state index contributed by atoms with van der Waals surface area (Å²) >= 11 is 18.0. The van der Waals surface area contributed by atoms with E-state index in [9.17, 15) is 0 Å². The standard InChI is InChI=1S/C16H16Cl3N/c17-14-3-1-2-11(8-14)6-13(10-20)7-12-4-5-15(18)16(19)9-12/h1-5,8-9,13H,6-7,10,20H2. The second kappa shape index (κ2) is 7.33. The largest absolute Gasteiger partial charge is 0.330 e. The van der Waals surface area contributed by atoms with Crippen LogP contribution in [0.3, 0.4) is 0 Å². The first-order valence-corrected chi connectivity index (χ1v) is 7.60. The highest BCUT2D eigenvalue weighted by atomic mass is 35.5. The second-order valence-electron chi connectivity index (χ2n) is 4.89. The summed E-state index contributed by atoms with van der Waals surface area (Å²) < 4.78 is 0. The molecule has 2 aromatic rings. The molecule has 0 radical (unpaired) electrons. The molecular weight excluding hydrogens is 313 g/mol. The summed E-state index contributed by atoms with van der Waals surface area (Å²) in [6, 6.07) is 13.6. The molecule has 20 heavy (non-hydrogen) atoms. The average Bonchev–Trinajstić information content (AvgIpc) is 2.42. The van der Waals surface area contributed by atoms with Crippen LogP contribution in [0.25, 0.3) is 0 Å². The minimum Gasteiger partial charge on any atom is -0.330 e. The van der Waals surface area contributed by atoms with E-state index in [1.807, 2.05) is 36.4 Å². The molecule has 106 valence electrons. The van der Waals surface area contributed by atoms with E-state index in [1.54, 1.807) is 0 Å². The fourth-order valence-electron chi connectivity index (χ4n) is 2.24. The molecule has 0 saturated carbocycles. The first-order chi connectivity index (χ1) is 9.58. The second-order valence-corrected chi connectivity index (χ2v) is 6.14. The zero-order valence-corrected chi connectivity index (χ0v) is 13.2. The zero-order valence-electron chi connectivity index (χ0n) is 11.0. The lowest BCUT2D eigenvalue weighted by atomic mass is 9.93. The summed E-state index contributed by atoms with van der Waals surface area (Å²) in [7, 11) is 0. The van der Waals surface area contributed by atoms with Crippen molar-refractivity contribution in [3.63, 3.8) is 0 Å². The number of hydrogen-bond acceptors (Lipinski definition) is 1. The van der Waals surface area contributed by atoms with Crippen LogP contribution in [0.5, 0.6) is 0 Å². The first-order valence-electron chi connectivity index (χ1n) is 6.47. The summed E-state index contributed by atoms with van der Waals surface area (Å²) in [5.74, 6) is 0.353. The van der Waals surface area contributed by atoms with E-state index in [4.69, 9.17) is 40.5 Å². The van der Waals surface area contributed by atoms with Crippen molar-refractivity contribution in [1.82, 2.24) is 0 Å². The molecule has 2 N–H and O–H groups in total. The molecule has 1 atom stereocenters. The Labute approximate surface area is 134 Å². The summed E-state index contributed by atoms with van der Waals surface area (Å²) in [5.41, 5.74) is 8.23. The number of rotatable bonds is 5. The quantitative estimate of drug-likeness (QED) is 0.820. The van der Waals surface area contributed by atoms with Crippen LogP contribution in [0.4, 0.5) is 0 Å². The molecule has 0 fully saturated rings. The van der Waals surface area contributed by atoms with Gasteiger partial charge >= 0.3 is 0 Å². The summed E-state index contributed by atoms with van der Waals surface area (Å²) in [6.45, 7) is 0.618. The van der Waals surface area contributed by atoms with Crippen LogP contribution in [-0.4, -0.2) is 6.54 Å². The third-order valence-electron chi connectivity index (χ3n) is 3.26. The smallest absolute Gasteiger partial charge is 0.0595 e. The third-order valence-corrected chi connectivity index (χ3v) is 4.23. The molecular formula is C16H16Cl3N. The molecule has 2 rings (SSSR count). The molecule has 2 aromatic carbocycles. The fraction of sp³-hybridized carbons (Fsp3) is 0.250. The topological polar surface area (TPSA) is 26.0 Å². The van der Waals surface area contributed by atoms with E-state index >= 15 is 0 Å². The number of hydrogen-bond donors (Lipinski definition) is 1. The molecule has 0 saturated heterocycles. The number of nitrogens with two attached hydrogens (primary N) is 1. The summed E-state index contributed by atoms with van der Waals surface area (Å²) in [5, 5.41) is 1.92. The van der Waals surface area contributed by atoms with Gasteiger partial charge in [-0.3, -0.25) is 0 Å². The highest BCUT2D eigenvalue weighted by molar-refractivity contribution is 6.42. The van der Waals surface area contributed by atoms with Gasteiger partial charge in [0, 0.05) is 5.02 Å². The van der Waals surface area contributed by atoms with Crippen LogP contribution in [0.2, 0.25) is 15.1 Å². The Morgan fingerprint density at radius 1 is 0.850 bits per heavy atom. The van der Waals surface area contributed by atoms with Gasteiger partial charge in [-0.1, -0.05) is 53.0 Å². The molecule has 0 heterocycles. The molecule has 1 unspecified atom stereocenters. The Morgan fingerprint density at radius 2 is 1.55 bits per heavy atom. The van der Waals surface area contributed by atoms with Gasteiger partial charge in [0.2, 0.25) is 0 Å². The highest BCUT2D eigenvalue weighted by Gasteiger charge is 2.10. The fourth-order valence-corrected chi connectivity index (χ4v) is 2.77. The van der Waals surface area contributed by atoms with Crippen molar-refractivity contribution >= 4 is 34.8 Å². The van der Waals surface area contributed by atoms with E-state index in [0.29, 0.717) is 22.5 Å². The van der Waals surface area contributed by atoms with Gasteiger partial charge in [-0.05, 0) is 60.7 Å². The van der Waals surface area contributed by atoms with E-state index in [1.165, 1.54) is 5.56 Å². The van der Waals surface area contributed by atoms with E-state index in [-0.39, 0.29) is 0 Å². The summed E-state index contributed by atoms with van der Waals surface area (Å²) in [6.07, 6.45) is 1.78. The van der Waals surface area contributed by atoms with Crippen molar-refractivity contribution < 1.29 is 0 Å². The Hall–Kier alpha value is -0.730. The molecule has 0 aliphatic carbocycles. The van der Waals surface area contributed by atoms with Crippen LogP contribution in [-0.2, 0) is 12.8 Å². The minimum absolute atomic E-state index is 0.353. The maximum atomic E-state index is 6.04. The lowest BCUT2D eigenvalue weighted by Gasteiger charge is -2.15. The Bertz CT molecular complexity index is 584. The highest BCUT2D eigenvalue weighted by Crippen LogP contribution is 2.24. The van der Waals surface area contributed by atoms with Crippen molar-refractivity contribution in [2.75, 3.05) is 6.54 Å². The van der Waals surface area contributed by atoms with Gasteiger partial charge in [0.1, 0.15) is 0 Å². The molecule has 4 heteroatoms. The lowest BCUT2D eigenvalue weighted by molar-refractivity contribution is 0.533. The first kappa shape index (κ1) is 15.7. The predicted molar refractivity (Wildman–Crippen MR) is 87.9 cm³/mol. The maximum Gasteiger partial charge on any atom is 0.0595 e. The number of halogens is 3. The Kier molecular flexibility index (Phi) is 5.74. The van der Waals surface area contributed by atoms with Gasteiger partial charge in [0.05, 0.1) is 10.0 Å². The molecule has 0 aliphatic heterocycles. The van der Waals surface area contributed by atoms with Crippen molar-refractivity contribution in [3.05, 3.63) is 68.7 Å². The molecule has 0 spiro atoms. The van der Waals surface area contributed by atoms with Gasteiger partial charge in [0.25, 0.3) is 0 Å². The van der Waals surface area contributed by atoms with E-state index in [0.717, 1.165) is 23.4 Å². The SMILES string of the molecule is NCC(Cc1cccc(Cl)c1)Cc1ccc(Cl)c(Cl)c1. The molecule has 0 bridgehead atoms. The third kappa shape index (κ3) is 4.39. The minimum atomic E-state index is 0.353. The maximum absolute atomic E-state index is 6.04. The molecule has 0 aliphatic rings. The molecule has 0 aromatic heterocycles. The van der Waals surface area contributed by atoms with Gasteiger partial charge in [-0.2, -0.15) is 0 Å². The van der Waals surface area contributed by atoms with Crippen molar-refractivity contribution in [2.45, 2.75) is 12.8 Å². The van der Waals surface area contributed by atoms with Crippen LogP contribution in [0.1, 0.15) is 11.1 Å². The van der Waals surface area contributed by atoms with E-state index < -0.39 is 0 Å². The van der Waals surface area contributed by atoms with Crippen molar-refractivity contribution in [2.24, 2.45) is 11.7 Å². The van der Waals surface area contributed by atoms with E-state index in [2.05, 4.69) is 6.07 Å². The monoisotopic (exact) mass is 327 g/mol. The van der Waals surface area contributed by atoms with Gasteiger partial charge in [-0.25, -0.2) is 0 Å². The van der Waals surface area contributed by atoms with Crippen LogP contribution >= 0.6 is 34.8 Å². The molecule has 0 amide bonds. The lowest BCUT2D eigenvalue weighted by Crippen LogP contribution is -2.19. The average molecular weight is 329 g/mol. The normalized spacial score (nSPS) is 12.4. The van der Waals surface area contributed by atoms with Gasteiger partial charge in [0.15, 0.2) is 0 Å². The Morgan fingerprint density at radius 3 is 2.15 bits per heavy atom. The number of benzene rings is 2. The summed E-state index contributed by atoms with van der Waals surface area (Å²) in [4.78, 5) is 0. The Balaban J connectivity index is 2.07. The van der Waals surface area contributed by atoms with Crippen LogP contribution in [0.15, 0.2) is 42.5 Å².